The Hall–Kier alpha value is -2.14. The first-order chi connectivity index (χ1) is 12.2. The topological polar surface area (TPSA) is 66.6 Å². The summed E-state index contributed by atoms with van der Waals surface area (Å²) in [6, 6.07) is 10.1. The van der Waals surface area contributed by atoms with E-state index in [0.29, 0.717) is 30.8 Å². The fourth-order valence-corrected chi connectivity index (χ4v) is 3.53. The minimum Gasteiger partial charge on any atom is -0.392 e. The van der Waals surface area contributed by atoms with Crippen LogP contribution in [0.1, 0.15) is 47.9 Å². The van der Waals surface area contributed by atoms with Crippen LogP contribution in [0.2, 0.25) is 0 Å². The van der Waals surface area contributed by atoms with Crippen LogP contribution in [0, 0.1) is 5.92 Å². The Morgan fingerprint density at radius 2 is 2.04 bits per heavy atom. The molecule has 0 radical (unpaired) electrons. The number of aromatic nitrogens is 1. The summed E-state index contributed by atoms with van der Waals surface area (Å²) in [6.07, 6.45) is 5.15. The highest BCUT2D eigenvalue weighted by atomic mass is 16.5. The second kappa shape index (κ2) is 8.30. The fourth-order valence-electron chi connectivity index (χ4n) is 3.53. The summed E-state index contributed by atoms with van der Waals surface area (Å²) < 4.78 is 5.21. The largest absolute Gasteiger partial charge is 0.392 e. The molecule has 1 aromatic heterocycles. The van der Waals surface area contributed by atoms with Crippen LogP contribution in [0.5, 0.6) is 0 Å². The van der Waals surface area contributed by atoms with Gasteiger partial charge in [-0.15, -0.1) is 0 Å². The number of benzene rings is 1. The molecule has 1 N–H and O–H groups in total. The number of likely N-dealkylation sites (tertiary alicyclic amines) is 1. The van der Waals surface area contributed by atoms with Gasteiger partial charge in [0.15, 0.2) is 0 Å². The van der Waals surface area contributed by atoms with Crippen LogP contribution in [-0.2, 0) is 12.8 Å². The molecule has 5 heteroatoms. The van der Waals surface area contributed by atoms with E-state index >= 15 is 0 Å². The number of carbonyl (C=O) groups excluding carboxylic acids is 1. The lowest BCUT2D eigenvalue weighted by Gasteiger charge is -2.34. The van der Waals surface area contributed by atoms with E-state index in [1.807, 2.05) is 35.2 Å². The molecule has 1 fully saturated rings. The highest BCUT2D eigenvalue weighted by Crippen LogP contribution is 2.25. The Balaban J connectivity index is 1.54. The molecule has 5 nitrogen and oxygen atoms in total. The van der Waals surface area contributed by atoms with Gasteiger partial charge in [-0.05, 0) is 37.2 Å². The molecule has 25 heavy (non-hydrogen) atoms. The van der Waals surface area contributed by atoms with Crippen molar-refractivity contribution in [2.45, 2.75) is 45.1 Å². The number of aryl methyl sites for hydroxylation is 1. The molecule has 1 amide bonds. The molecule has 1 aliphatic rings. The Kier molecular flexibility index (Phi) is 5.87. The van der Waals surface area contributed by atoms with Gasteiger partial charge >= 0.3 is 0 Å². The van der Waals surface area contributed by atoms with Crippen molar-refractivity contribution in [1.82, 2.24) is 10.1 Å². The molecule has 1 aliphatic heterocycles. The third kappa shape index (κ3) is 4.28. The number of carbonyl (C=O) groups is 1. The van der Waals surface area contributed by atoms with Gasteiger partial charge in [0.25, 0.3) is 5.91 Å². The van der Waals surface area contributed by atoms with Gasteiger partial charge in [-0.1, -0.05) is 42.4 Å². The van der Waals surface area contributed by atoms with E-state index in [1.165, 1.54) is 6.20 Å². The van der Waals surface area contributed by atoms with E-state index < -0.39 is 0 Å². The predicted molar refractivity (Wildman–Crippen MR) is 95.3 cm³/mol. The number of piperidine rings is 1. The quantitative estimate of drug-likeness (QED) is 0.876. The maximum absolute atomic E-state index is 12.7. The first kappa shape index (κ1) is 17.7. The van der Waals surface area contributed by atoms with Crippen molar-refractivity contribution in [1.29, 1.82) is 0 Å². The van der Waals surface area contributed by atoms with Crippen molar-refractivity contribution >= 4 is 5.91 Å². The summed E-state index contributed by atoms with van der Waals surface area (Å²) in [5, 5.41) is 14.3. The number of aliphatic hydroxyl groups excluding tert-OH is 1. The lowest BCUT2D eigenvalue weighted by molar-refractivity contribution is 0.0466. The lowest BCUT2D eigenvalue weighted by Crippen LogP contribution is -2.41. The molecule has 134 valence electrons. The zero-order valence-corrected chi connectivity index (χ0v) is 14.7. The molecule has 0 spiro atoms. The molecule has 3 rings (SSSR count). The monoisotopic (exact) mass is 342 g/mol. The first-order valence-corrected chi connectivity index (χ1v) is 9.13. The maximum atomic E-state index is 12.7. The van der Waals surface area contributed by atoms with Crippen molar-refractivity contribution in [3.8, 4) is 0 Å². The van der Waals surface area contributed by atoms with Crippen LogP contribution in [0.25, 0.3) is 0 Å². The fraction of sp³-hybridized carbons (Fsp3) is 0.500. The van der Waals surface area contributed by atoms with E-state index in [1.54, 1.807) is 0 Å². The molecule has 1 saturated heterocycles. The van der Waals surface area contributed by atoms with E-state index in [-0.39, 0.29) is 17.9 Å². The number of hydrogen-bond acceptors (Lipinski definition) is 4. The average molecular weight is 342 g/mol. The average Bonchev–Trinajstić information content (AvgIpc) is 3.11. The van der Waals surface area contributed by atoms with Crippen molar-refractivity contribution in [3.63, 3.8) is 0 Å². The Bertz CT molecular complexity index is 675. The summed E-state index contributed by atoms with van der Waals surface area (Å²) in [7, 11) is 0. The van der Waals surface area contributed by atoms with Crippen LogP contribution < -0.4 is 0 Å². The third-order valence-corrected chi connectivity index (χ3v) is 5.01. The number of hydrogen-bond donors (Lipinski definition) is 1. The molecule has 0 unspecified atom stereocenters. The molecular weight excluding hydrogens is 316 g/mol. The van der Waals surface area contributed by atoms with Crippen LogP contribution >= 0.6 is 0 Å². The number of amides is 1. The predicted octanol–water partition coefficient (Wildman–Crippen LogP) is 3.08. The Morgan fingerprint density at radius 1 is 1.32 bits per heavy atom. The van der Waals surface area contributed by atoms with Crippen molar-refractivity contribution in [2.75, 3.05) is 13.1 Å². The smallest absolute Gasteiger partial charge is 0.259 e. The number of nitrogens with zero attached hydrogens (tertiary/aromatic N) is 2. The summed E-state index contributed by atoms with van der Waals surface area (Å²) in [4.78, 5) is 14.5. The van der Waals surface area contributed by atoms with Gasteiger partial charge in [-0.25, -0.2) is 0 Å². The van der Waals surface area contributed by atoms with Gasteiger partial charge in [-0.3, -0.25) is 4.79 Å². The van der Waals surface area contributed by atoms with Crippen LogP contribution in [0.4, 0.5) is 0 Å². The summed E-state index contributed by atoms with van der Waals surface area (Å²) in [5.41, 5.74) is 1.74. The zero-order chi connectivity index (χ0) is 17.6. The van der Waals surface area contributed by atoms with Crippen LogP contribution in [0.3, 0.4) is 0 Å². The van der Waals surface area contributed by atoms with Crippen molar-refractivity contribution in [3.05, 3.63) is 53.4 Å². The van der Waals surface area contributed by atoms with E-state index in [0.717, 1.165) is 31.2 Å². The summed E-state index contributed by atoms with van der Waals surface area (Å²) in [6.45, 7) is 3.40. The first-order valence-electron chi connectivity index (χ1n) is 9.13. The highest BCUT2D eigenvalue weighted by Gasteiger charge is 2.29. The van der Waals surface area contributed by atoms with Gasteiger partial charge in [0, 0.05) is 19.5 Å². The van der Waals surface area contributed by atoms with Crippen molar-refractivity contribution < 1.29 is 14.4 Å². The van der Waals surface area contributed by atoms with E-state index in [2.05, 4.69) is 12.1 Å². The maximum Gasteiger partial charge on any atom is 0.259 e. The van der Waals surface area contributed by atoms with Crippen LogP contribution in [-0.4, -0.2) is 40.3 Å². The summed E-state index contributed by atoms with van der Waals surface area (Å²) in [5.74, 6) is 0.918. The minimum atomic E-state index is -0.356. The van der Waals surface area contributed by atoms with Gasteiger partial charge in [0.05, 0.1) is 12.3 Å². The summed E-state index contributed by atoms with van der Waals surface area (Å²) >= 11 is 0. The minimum absolute atomic E-state index is 0.000647. The molecular formula is C20H26N2O3. The SMILES string of the molecule is CCCc1oncc1C(=O)N1CCC([C@H](O)Cc2ccccc2)CC1. The van der Waals surface area contributed by atoms with Crippen molar-refractivity contribution in [2.24, 2.45) is 5.92 Å². The second-order valence-electron chi connectivity index (χ2n) is 6.80. The number of aliphatic hydroxyl groups is 1. The van der Waals surface area contributed by atoms with Gasteiger partial charge in [0.2, 0.25) is 0 Å². The molecule has 1 aromatic carbocycles. The van der Waals surface area contributed by atoms with Gasteiger partial charge in [0.1, 0.15) is 11.3 Å². The third-order valence-electron chi connectivity index (χ3n) is 5.01. The van der Waals surface area contributed by atoms with Gasteiger partial charge < -0.3 is 14.5 Å². The zero-order valence-electron chi connectivity index (χ0n) is 14.7. The Morgan fingerprint density at radius 3 is 2.72 bits per heavy atom. The molecule has 2 aromatic rings. The normalized spacial score (nSPS) is 16.8. The highest BCUT2D eigenvalue weighted by molar-refractivity contribution is 5.94. The molecule has 0 bridgehead atoms. The molecule has 0 aliphatic carbocycles. The lowest BCUT2D eigenvalue weighted by atomic mass is 9.87. The number of rotatable bonds is 6. The Labute approximate surface area is 148 Å². The molecule has 2 heterocycles. The molecule has 1 atom stereocenters. The van der Waals surface area contributed by atoms with Crippen LogP contribution in [0.15, 0.2) is 41.1 Å². The van der Waals surface area contributed by atoms with E-state index in [4.69, 9.17) is 4.52 Å². The molecule has 0 saturated carbocycles. The standard InChI is InChI=1S/C20H26N2O3/c1-2-6-19-17(14-21-25-19)20(24)22-11-9-16(10-12-22)18(23)13-15-7-4-3-5-8-15/h3-5,7-8,14,16,18,23H,2,6,9-13H2,1H3/t18-/m1/s1. The van der Waals surface area contributed by atoms with E-state index in [9.17, 15) is 9.90 Å². The van der Waals surface area contributed by atoms with Gasteiger partial charge in [-0.2, -0.15) is 0 Å². The second-order valence-corrected chi connectivity index (χ2v) is 6.80.